The van der Waals surface area contributed by atoms with Gasteiger partial charge >= 0.3 is 0 Å². The van der Waals surface area contributed by atoms with Crippen LogP contribution in [0, 0.1) is 5.92 Å². The Bertz CT molecular complexity index is 367. The Hall–Kier alpha value is -0.210. The van der Waals surface area contributed by atoms with Crippen molar-refractivity contribution in [3.8, 4) is 0 Å². The lowest BCUT2D eigenvalue weighted by atomic mass is 9.86. The van der Waals surface area contributed by atoms with Crippen LogP contribution in [0.25, 0.3) is 0 Å². The van der Waals surface area contributed by atoms with Crippen molar-refractivity contribution >= 4 is 33.2 Å². The summed E-state index contributed by atoms with van der Waals surface area (Å²) in [4.78, 5) is 0. The summed E-state index contributed by atoms with van der Waals surface area (Å²) in [5, 5.41) is 4.37. The van der Waals surface area contributed by atoms with Crippen LogP contribution in [0.3, 0.4) is 0 Å². The molecule has 0 bridgehead atoms. The second-order valence-corrected chi connectivity index (χ2v) is 5.96. The molecular formula is C13H17BrClN. The van der Waals surface area contributed by atoms with Gasteiger partial charge in [-0.05, 0) is 37.0 Å². The van der Waals surface area contributed by atoms with Crippen molar-refractivity contribution in [1.82, 2.24) is 0 Å². The molecule has 1 aliphatic carbocycles. The summed E-state index contributed by atoms with van der Waals surface area (Å²) in [5.41, 5.74) is 1.06. The van der Waals surface area contributed by atoms with Gasteiger partial charge in [0.15, 0.2) is 0 Å². The minimum atomic E-state index is 0.576. The van der Waals surface area contributed by atoms with Crippen molar-refractivity contribution in [3.05, 3.63) is 27.7 Å². The lowest BCUT2D eigenvalue weighted by Crippen LogP contribution is -2.30. The summed E-state index contributed by atoms with van der Waals surface area (Å²) >= 11 is 9.63. The first-order valence-electron chi connectivity index (χ1n) is 5.88. The summed E-state index contributed by atoms with van der Waals surface area (Å²) in [6.45, 7) is 2.32. The molecule has 88 valence electrons. The zero-order valence-electron chi connectivity index (χ0n) is 9.47. The molecule has 0 heterocycles. The van der Waals surface area contributed by atoms with Crippen molar-refractivity contribution in [2.24, 2.45) is 5.92 Å². The first-order chi connectivity index (χ1) is 7.66. The van der Waals surface area contributed by atoms with Crippen LogP contribution in [-0.2, 0) is 0 Å². The minimum Gasteiger partial charge on any atom is -0.381 e. The van der Waals surface area contributed by atoms with E-state index in [1.165, 1.54) is 25.7 Å². The molecule has 0 amide bonds. The predicted octanol–water partition coefficient (Wildman–Crippen LogP) is 5.09. The number of anilines is 1. The summed E-state index contributed by atoms with van der Waals surface area (Å²) in [6.07, 6.45) is 5.28. The van der Waals surface area contributed by atoms with Crippen LogP contribution >= 0.6 is 27.5 Å². The summed E-state index contributed by atoms with van der Waals surface area (Å²) in [7, 11) is 0. The Morgan fingerprint density at radius 1 is 1.31 bits per heavy atom. The van der Waals surface area contributed by atoms with Gasteiger partial charge in [-0.15, -0.1) is 0 Å². The molecule has 1 fully saturated rings. The van der Waals surface area contributed by atoms with Crippen LogP contribution in [0.1, 0.15) is 32.6 Å². The van der Waals surface area contributed by atoms with Crippen LogP contribution in [0.5, 0.6) is 0 Å². The maximum absolute atomic E-state index is 6.20. The van der Waals surface area contributed by atoms with Gasteiger partial charge in [-0.3, -0.25) is 0 Å². The topological polar surface area (TPSA) is 12.0 Å². The molecule has 1 saturated carbocycles. The lowest BCUT2D eigenvalue weighted by Gasteiger charge is -2.30. The van der Waals surface area contributed by atoms with E-state index in [1.807, 2.05) is 18.2 Å². The van der Waals surface area contributed by atoms with E-state index in [4.69, 9.17) is 11.6 Å². The number of benzene rings is 1. The third-order valence-corrected chi connectivity index (χ3v) is 4.19. The van der Waals surface area contributed by atoms with Gasteiger partial charge in [-0.2, -0.15) is 0 Å². The van der Waals surface area contributed by atoms with Gasteiger partial charge in [0.25, 0.3) is 0 Å². The number of halogens is 2. The molecule has 0 aromatic heterocycles. The van der Waals surface area contributed by atoms with Crippen LogP contribution < -0.4 is 5.32 Å². The molecule has 2 rings (SSSR count). The SMILES string of the molecule is CC1CCCCC1Nc1ccc(Br)cc1Cl. The molecule has 1 aromatic carbocycles. The normalized spacial score (nSPS) is 25.4. The molecule has 1 aliphatic rings. The van der Waals surface area contributed by atoms with E-state index in [9.17, 15) is 0 Å². The monoisotopic (exact) mass is 301 g/mol. The molecule has 2 unspecified atom stereocenters. The van der Waals surface area contributed by atoms with E-state index in [1.54, 1.807) is 0 Å². The smallest absolute Gasteiger partial charge is 0.0648 e. The zero-order valence-corrected chi connectivity index (χ0v) is 11.8. The molecule has 1 aromatic rings. The van der Waals surface area contributed by atoms with Crippen LogP contribution in [-0.4, -0.2) is 6.04 Å². The second-order valence-electron chi connectivity index (χ2n) is 4.64. The Labute approximate surface area is 111 Å². The van der Waals surface area contributed by atoms with E-state index in [-0.39, 0.29) is 0 Å². The fraction of sp³-hybridized carbons (Fsp3) is 0.538. The van der Waals surface area contributed by atoms with Crippen molar-refractivity contribution in [2.75, 3.05) is 5.32 Å². The van der Waals surface area contributed by atoms with E-state index >= 15 is 0 Å². The molecule has 16 heavy (non-hydrogen) atoms. The molecule has 1 N–H and O–H groups in total. The Morgan fingerprint density at radius 3 is 2.75 bits per heavy atom. The first-order valence-corrected chi connectivity index (χ1v) is 7.05. The van der Waals surface area contributed by atoms with E-state index in [0.29, 0.717) is 6.04 Å². The van der Waals surface area contributed by atoms with E-state index in [0.717, 1.165) is 21.1 Å². The number of nitrogens with one attached hydrogen (secondary N) is 1. The summed E-state index contributed by atoms with van der Waals surface area (Å²) < 4.78 is 1.03. The van der Waals surface area contributed by atoms with Crippen LogP contribution in [0.4, 0.5) is 5.69 Å². The minimum absolute atomic E-state index is 0.576. The van der Waals surface area contributed by atoms with Gasteiger partial charge in [0.05, 0.1) is 10.7 Å². The first kappa shape index (κ1) is 12.3. The van der Waals surface area contributed by atoms with Gasteiger partial charge in [0.1, 0.15) is 0 Å². The largest absolute Gasteiger partial charge is 0.381 e. The van der Waals surface area contributed by atoms with Crippen molar-refractivity contribution < 1.29 is 0 Å². The number of hydrogen-bond donors (Lipinski definition) is 1. The highest BCUT2D eigenvalue weighted by Gasteiger charge is 2.21. The van der Waals surface area contributed by atoms with Gasteiger partial charge in [-0.1, -0.05) is 47.3 Å². The van der Waals surface area contributed by atoms with Crippen LogP contribution in [0.15, 0.2) is 22.7 Å². The molecule has 0 saturated heterocycles. The van der Waals surface area contributed by atoms with Crippen molar-refractivity contribution in [2.45, 2.75) is 38.6 Å². The molecule has 0 spiro atoms. The molecule has 2 atom stereocenters. The fourth-order valence-electron chi connectivity index (χ4n) is 2.34. The van der Waals surface area contributed by atoms with Crippen molar-refractivity contribution in [3.63, 3.8) is 0 Å². The Balaban J connectivity index is 2.07. The quantitative estimate of drug-likeness (QED) is 0.802. The fourth-order valence-corrected chi connectivity index (χ4v) is 3.06. The molecule has 0 aliphatic heterocycles. The van der Waals surface area contributed by atoms with Gasteiger partial charge in [-0.25, -0.2) is 0 Å². The van der Waals surface area contributed by atoms with Crippen molar-refractivity contribution in [1.29, 1.82) is 0 Å². The summed E-state index contributed by atoms with van der Waals surface area (Å²) in [5.74, 6) is 0.744. The van der Waals surface area contributed by atoms with E-state index in [2.05, 4.69) is 28.2 Å². The maximum Gasteiger partial charge on any atom is 0.0648 e. The number of hydrogen-bond acceptors (Lipinski definition) is 1. The lowest BCUT2D eigenvalue weighted by molar-refractivity contribution is 0.349. The average molecular weight is 303 g/mol. The number of rotatable bonds is 2. The second kappa shape index (κ2) is 5.42. The summed E-state index contributed by atoms with van der Waals surface area (Å²) in [6, 6.07) is 6.60. The third-order valence-electron chi connectivity index (χ3n) is 3.38. The molecule has 3 heteroatoms. The molecule has 0 radical (unpaired) electrons. The highest BCUT2D eigenvalue weighted by Crippen LogP contribution is 2.31. The van der Waals surface area contributed by atoms with Gasteiger partial charge < -0.3 is 5.32 Å². The van der Waals surface area contributed by atoms with Crippen LogP contribution in [0.2, 0.25) is 5.02 Å². The maximum atomic E-state index is 6.20. The van der Waals surface area contributed by atoms with E-state index < -0.39 is 0 Å². The molecule has 1 nitrogen and oxygen atoms in total. The molecular weight excluding hydrogens is 286 g/mol. The average Bonchev–Trinajstić information content (AvgIpc) is 2.25. The third kappa shape index (κ3) is 2.92. The Kier molecular flexibility index (Phi) is 4.15. The predicted molar refractivity (Wildman–Crippen MR) is 74.2 cm³/mol. The van der Waals surface area contributed by atoms with Gasteiger partial charge in [0.2, 0.25) is 0 Å². The highest BCUT2D eigenvalue weighted by atomic mass is 79.9. The van der Waals surface area contributed by atoms with Gasteiger partial charge in [0, 0.05) is 10.5 Å². The highest BCUT2D eigenvalue weighted by molar-refractivity contribution is 9.10. The zero-order chi connectivity index (χ0) is 11.5. The Morgan fingerprint density at radius 2 is 2.06 bits per heavy atom. The standard InChI is InChI=1S/C13H17BrClN/c1-9-4-2-3-5-12(9)16-13-7-6-10(14)8-11(13)15/h6-9,12,16H,2-5H2,1H3.